The highest BCUT2D eigenvalue weighted by Crippen LogP contribution is 2.01. The van der Waals surface area contributed by atoms with E-state index in [1.54, 1.807) is 48.5 Å². The summed E-state index contributed by atoms with van der Waals surface area (Å²) in [6, 6.07) is 18.0. The van der Waals surface area contributed by atoms with Gasteiger partial charge in [0.15, 0.2) is 0 Å². The Kier molecular flexibility index (Phi) is 5.91. The Balaban J connectivity index is 1.94. The Morgan fingerprint density at radius 2 is 0.708 bits per heavy atom. The molecule has 2 aromatic carbocycles. The van der Waals surface area contributed by atoms with Gasteiger partial charge in [-0.1, -0.05) is 11.8 Å². The lowest BCUT2D eigenvalue weighted by Crippen LogP contribution is -1.75. The van der Waals surface area contributed by atoms with Crippen molar-refractivity contribution in [3.05, 3.63) is 70.8 Å². The Labute approximate surface area is 141 Å². The molecular weight excluding hydrogens is 292 g/mol. The Morgan fingerprint density at radius 1 is 0.417 bits per heavy atom. The summed E-state index contributed by atoms with van der Waals surface area (Å²) in [7, 11) is 0. The standard InChI is InChI=1S/C22H8N2/c23-17-21-13-9-19(10-14-21)7-5-3-1-2-4-6-8-20-11-15-22(18-24)16-12-20/h9-16H. The van der Waals surface area contributed by atoms with Crippen LogP contribution in [0.5, 0.6) is 0 Å². The number of rotatable bonds is 0. The van der Waals surface area contributed by atoms with E-state index >= 15 is 0 Å². The third-order valence-electron chi connectivity index (χ3n) is 2.75. The van der Waals surface area contributed by atoms with Gasteiger partial charge in [0.2, 0.25) is 0 Å². The van der Waals surface area contributed by atoms with E-state index in [4.69, 9.17) is 10.5 Å². The van der Waals surface area contributed by atoms with Crippen molar-refractivity contribution >= 4 is 0 Å². The van der Waals surface area contributed by atoms with Crippen LogP contribution in [0.3, 0.4) is 0 Å². The van der Waals surface area contributed by atoms with Crippen molar-refractivity contribution in [1.29, 1.82) is 10.5 Å². The lowest BCUT2D eigenvalue weighted by Gasteiger charge is -1.88. The summed E-state index contributed by atoms with van der Waals surface area (Å²) in [4.78, 5) is 0. The van der Waals surface area contributed by atoms with Gasteiger partial charge < -0.3 is 0 Å². The monoisotopic (exact) mass is 300 g/mol. The first kappa shape index (κ1) is 16.0. The highest BCUT2D eigenvalue weighted by molar-refractivity contribution is 5.47. The molecule has 2 rings (SSSR count). The fourth-order valence-electron chi connectivity index (χ4n) is 1.59. The zero-order chi connectivity index (χ0) is 17.0. The summed E-state index contributed by atoms with van der Waals surface area (Å²) < 4.78 is 0. The molecule has 0 heterocycles. The van der Waals surface area contributed by atoms with Crippen molar-refractivity contribution in [3.63, 3.8) is 0 Å². The Hall–Kier alpha value is -4.34. The van der Waals surface area contributed by atoms with Crippen molar-refractivity contribution in [2.75, 3.05) is 0 Å². The van der Waals surface area contributed by atoms with Gasteiger partial charge in [-0.3, -0.25) is 0 Å². The second-order valence-corrected chi connectivity index (χ2v) is 4.38. The molecule has 0 bridgehead atoms. The number of hydrogen-bond donors (Lipinski definition) is 0. The summed E-state index contributed by atoms with van der Waals surface area (Å²) in [6.45, 7) is 0. The van der Waals surface area contributed by atoms with Gasteiger partial charge in [0.1, 0.15) is 0 Å². The lowest BCUT2D eigenvalue weighted by molar-refractivity contribution is 1.48. The molecule has 0 unspecified atom stereocenters. The molecule has 0 N–H and O–H groups in total. The minimum absolute atomic E-state index is 0.596. The fourth-order valence-corrected chi connectivity index (χ4v) is 1.59. The number of benzene rings is 2. The Bertz CT molecular complexity index is 968. The van der Waals surface area contributed by atoms with Crippen LogP contribution in [0.2, 0.25) is 0 Å². The number of hydrogen-bond acceptors (Lipinski definition) is 2. The topological polar surface area (TPSA) is 47.6 Å². The van der Waals surface area contributed by atoms with E-state index in [1.165, 1.54) is 0 Å². The molecule has 24 heavy (non-hydrogen) atoms. The molecule has 2 aromatic rings. The molecule has 0 aliphatic rings. The summed E-state index contributed by atoms with van der Waals surface area (Å²) in [5, 5.41) is 17.4. The first-order valence-corrected chi connectivity index (χ1v) is 6.84. The summed E-state index contributed by atoms with van der Waals surface area (Å²) in [5.41, 5.74) is 2.77. The number of nitrogens with zero attached hydrogens (tertiary/aromatic N) is 2. The molecule has 0 atom stereocenters. The molecule has 0 saturated heterocycles. The zero-order valence-electron chi connectivity index (χ0n) is 12.5. The number of nitriles is 2. The largest absolute Gasteiger partial charge is 0.192 e. The van der Waals surface area contributed by atoms with Crippen LogP contribution in [0.1, 0.15) is 22.3 Å². The van der Waals surface area contributed by atoms with E-state index in [1.807, 2.05) is 12.1 Å². The smallest absolute Gasteiger partial charge is 0.0991 e. The van der Waals surface area contributed by atoms with Gasteiger partial charge >= 0.3 is 0 Å². The highest BCUT2D eigenvalue weighted by Gasteiger charge is 1.89. The van der Waals surface area contributed by atoms with Gasteiger partial charge in [0.25, 0.3) is 0 Å². The van der Waals surface area contributed by atoms with Gasteiger partial charge in [-0.25, -0.2) is 0 Å². The average Bonchev–Trinajstić information content (AvgIpc) is 2.65. The first-order chi connectivity index (χ1) is 11.8. The average molecular weight is 300 g/mol. The molecule has 0 fully saturated rings. The maximum Gasteiger partial charge on any atom is 0.0991 e. The van der Waals surface area contributed by atoms with E-state index in [9.17, 15) is 0 Å². The molecule has 0 aromatic heterocycles. The van der Waals surface area contributed by atoms with E-state index in [2.05, 4.69) is 47.4 Å². The van der Waals surface area contributed by atoms with Crippen LogP contribution in [0, 0.1) is 70.0 Å². The second kappa shape index (κ2) is 8.84. The first-order valence-electron chi connectivity index (χ1n) is 6.84. The maximum atomic E-state index is 8.69. The van der Waals surface area contributed by atoms with Crippen LogP contribution in [-0.4, -0.2) is 0 Å². The quantitative estimate of drug-likeness (QED) is 0.702. The fraction of sp³-hybridized carbons (Fsp3) is 0. The Morgan fingerprint density at radius 3 is 1.04 bits per heavy atom. The van der Waals surface area contributed by atoms with Crippen LogP contribution in [0.4, 0.5) is 0 Å². The second-order valence-electron chi connectivity index (χ2n) is 4.38. The van der Waals surface area contributed by atoms with Gasteiger partial charge in [-0.05, 0) is 84.1 Å². The van der Waals surface area contributed by atoms with Crippen LogP contribution >= 0.6 is 0 Å². The molecule has 2 nitrogen and oxygen atoms in total. The highest BCUT2D eigenvalue weighted by atomic mass is 14.2. The molecule has 0 saturated carbocycles. The SMILES string of the molecule is N#Cc1ccc(C#CC#CC#CC#Cc2ccc(C#N)cc2)cc1. The van der Waals surface area contributed by atoms with E-state index < -0.39 is 0 Å². The van der Waals surface area contributed by atoms with Crippen molar-refractivity contribution < 1.29 is 0 Å². The predicted octanol–water partition coefficient (Wildman–Crippen LogP) is 2.84. The maximum absolute atomic E-state index is 8.69. The summed E-state index contributed by atoms with van der Waals surface area (Å²) >= 11 is 0. The van der Waals surface area contributed by atoms with Crippen molar-refractivity contribution in [3.8, 4) is 59.5 Å². The van der Waals surface area contributed by atoms with Gasteiger partial charge in [-0.15, -0.1) is 0 Å². The van der Waals surface area contributed by atoms with Gasteiger partial charge in [0.05, 0.1) is 23.3 Å². The van der Waals surface area contributed by atoms with Gasteiger partial charge in [0, 0.05) is 11.1 Å². The third kappa shape index (κ3) is 5.21. The van der Waals surface area contributed by atoms with Crippen LogP contribution < -0.4 is 0 Å². The molecular formula is C22H8N2. The normalized spacial score (nSPS) is 7.42. The zero-order valence-corrected chi connectivity index (χ0v) is 12.5. The van der Waals surface area contributed by atoms with Gasteiger partial charge in [-0.2, -0.15) is 10.5 Å². The van der Waals surface area contributed by atoms with E-state index in [-0.39, 0.29) is 0 Å². The predicted molar refractivity (Wildman–Crippen MR) is 91.6 cm³/mol. The van der Waals surface area contributed by atoms with Crippen LogP contribution in [-0.2, 0) is 0 Å². The molecule has 2 heteroatoms. The van der Waals surface area contributed by atoms with E-state index in [0.717, 1.165) is 11.1 Å². The van der Waals surface area contributed by atoms with Crippen molar-refractivity contribution in [2.45, 2.75) is 0 Å². The molecule has 0 radical (unpaired) electrons. The molecule has 0 spiro atoms. The molecule has 0 amide bonds. The third-order valence-corrected chi connectivity index (χ3v) is 2.75. The summed E-state index contributed by atoms with van der Waals surface area (Å²) in [5.74, 6) is 21.5. The van der Waals surface area contributed by atoms with Crippen molar-refractivity contribution in [1.82, 2.24) is 0 Å². The van der Waals surface area contributed by atoms with Crippen LogP contribution in [0.25, 0.3) is 0 Å². The molecule has 0 aliphatic carbocycles. The van der Waals surface area contributed by atoms with Crippen molar-refractivity contribution in [2.24, 2.45) is 0 Å². The van der Waals surface area contributed by atoms with E-state index in [0.29, 0.717) is 11.1 Å². The van der Waals surface area contributed by atoms with Crippen LogP contribution in [0.15, 0.2) is 48.5 Å². The minimum atomic E-state index is 0.596. The molecule has 0 aliphatic heterocycles. The minimum Gasteiger partial charge on any atom is -0.192 e. The summed E-state index contributed by atoms with van der Waals surface area (Å²) in [6.07, 6.45) is 0. The molecule has 106 valence electrons. The lowest BCUT2D eigenvalue weighted by atomic mass is 10.1.